The maximum atomic E-state index is 11.2. The number of carboxylic acid groups (broad SMARTS) is 1. The van der Waals surface area contributed by atoms with Gasteiger partial charge in [0.2, 0.25) is 0 Å². The Balaban J connectivity index is 1.87. The van der Waals surface area contributed by atoms with E-state index in [0.717, 1.165) is 32.8 Å². The molecule has 0 aliphatic heterocycles. The Morgan fingerprint density at radius 3 is 2.63 bits per heavy atom. The lowest BCUT2D eigenvalue weighted by atomic mass is 10.1. The zero-order valence-corrected chi connectivity index (χ0v) is 15.3. The number of rotatable bonds is 5. The number of methoxy groups -OCH3 is 1. The van der Waals surface area contributed by atoms with Crippen LogP contribution in [0.4, 0.5) is 0 Å². The molecule has 6 heteroatoms. The average molecular weight is 376 g/mol. The molecule has 27 heavy (non-hydrogen) atoms. The third kappa shape index (κ3) is 3.39. The van der Waals surface area contributed by atoms with E-state index in [1.165, 1.54) is 17.8 Å². The molecule has 0 amide bonds. The zero-order valence-electron chi connectivity index (χ0n) is 14.5. The van der Waals surface area contributed by atoms with Crippen LogP contribution in [0.25, 0.3) is 22.2 Å². The predicted octanol–water partition coefficient (Wildman–Crippen LogP) is 5.09. The second-order valence-corrected chi connectivity index (χ2v) is 6.91. The van der Waals surface area contributed by atoms with Gasteiger partial charge in [-0.3, -0.25) is 0 Å². The summed E-state index contributed by atoms with van der Waals surface area (Å²) < 4.78 is 5.33. The van der Waals surface area contributed by atoms with Gasteiger partial charge in [0, 0.05) is 16.3 Å². The van der Waals surface area contributed by atoms with Crippen molar-refractivity contribution in [1.29, 1.82) is 0 Å². The van der Waals surface area contributed by atoms with Crippen molar-refractivity contribution < 1.29 is 14.6 Å². The molecule has 0 saturated carbocycles. The molecule has 2 aromatic carbocycles. The Morgan fingerprint density at radius 1 is 1.07 bits per heavy atom. The number of aromatic nitrogens is 2. The van der Waals surface area contributed by atoms with Crippen molar-refractivity contribution >= 4 is 28.6 Å². The lowest BCUT2D eigenvalue weighted by molar-refractivity contribution is 0.0689. The quantitative estimate of drug-likeness (QED) is 0.507. The number of ether oxygens (including phenoxy) is 1. The molecule has 0 spiro atoms. The molecule has 0 unspecified atom stereocenters. The number of nitrogens with one attached hydrogen (secondary N) is 1. The van der Waals surface area contributed by atoms with Crippen molar-refractivity contribution in [2.24, 2.45) is 0 Å². The molecule has 0 saturated heterocycles. The number of hydrogen-bond acceptors (Lipinski definition) is 4. The summed E-state index contributed by atoms with van der Waals surface area (Å²) in [6.45, 7) is 0. The molecule has 0 atom stereocenters. The lowest BCUT2D eigenvalue weighted by Gasteiger charge is -2.05. The molecule has 0 aliphatic carbocycles. The summed E-state index contributed by atoms with van der Waals surface area (Å²) in [5.41, 5.74) is 2.99. The zero-order chi connectivity index (χ0) is 18.8. The van der Waals surface area contributed by atoms with Crippen molar-refractivity contribution in [3.63, 3.8) is 0 Å². The van der Waals surface area contributed by atoms with Crippen LogP contribution in [-0.2, 0) is 0 Å². The topological polar surface area (TPSA) is 75.2 Å². The molecule has 2 heterocycles. The molecule has 134 valence electrons. The number of nitrogens with zero attached hydrogens (tertiary/aromatic N) is 1. The van der Waals surface area contributed by atoms with E-state index in [-0.39, 0.29) is 5.69 Å². The lowest BCUT2D eigenvalue weighted by Crippen LogP contribution is -1.99. The Hall–Kier alpha value is -3.25. The van der Waals surface area contributed by atoms with E-state index in [4.69, 9.17) is 4.74 Å². The fourth-order valence-corrected chi connectivity index (χ4v) is 3.95. The van der Waals surface area contributed by atoms with Gasteiger partial charge in [-0.1, -0.05) is 48.2 Å². The highest BCUT2D eigenvalue weighted by molar-refractivity contribution is 7.99. The molecular formula is C21H16N2O3S. The van der Waals surface area contributed by atoms with Gasteiger partial charge in [-0.05, 0) is 29.8 Å². The van der Waals surface area contributed by atoms with Gasteiger partial charge in [-0.25, -0.2) is 9.78 Å². The van der Waals surface area contributed by atoms with Gasteiger partial charge in [0.1, 0.15) is 16.5 Å². The monoisotopic (exact) mass is 376 g/mol. The first-order chi connectivity index (χ1) is 13.2. The van der Waals surface area contributed by atoms with E-state index in [1.807, 2.05) is 54.6 Å². The Morgan fingerprint density at radius 2 is 1.89 bits per heavy atom. The minimum absolute atomic E-state index is 0.0303. The number of benzene rings is 2. The summed E-state index contributed by atoms with van der Waals surface area (Å²) in [6, 6.07) is 20.9. The summed E-state index contributed by atoms with van der Waals surface area (Å²) in [5, 5.41) is 10.9. The number of fused-ring (bicyclic) bond motifs is 1. The highest BCUT2D eigenvalue weighted by Gasteiger charge is 2.16. The van der Waals surface area contributed by atoms with Crippen LogP contribution in [0.2, 0.25) is 0 Å². The molecule has 4 rings (SSSR count). The molecule has 0 radical (unpaired) electrons. The summed E-state index contributed by atoms with van der Waals surface area (Å²) in [7, 11) is 1.64. The maximum absolute atomic E-state index is 11.2. The minimum Gasteiger partial charge on any atom is -0.497 e. The predicted molar refractivity (Wildman–Crippen MR) is 106 cm³/mol. The minimum atomic E-state index is -1.04. The number of pyridine rings is 1. The smallest absolute Gasteiger partial charge is 0.354 e. The number of aromatic amines is 1. The van der Waals surface area contributed by atoms with Crippen LogP contribution in [0.3, 0.4) is 0 Å². The number of H-pyrrole nitrogens is 1. The summed E-state index contributed by atoms with van der Waals surface area (Å²) in [4.78, 5) is 19.9. The molecule has 4 aromatic rings. The summed E-state index contributed by atoms with van der Waals surface area (Å²) in [5.74, 6) is -0.268. The summed E-state index contributed by atoms with van der Waals surface area (Å²) >= 11 is 1.44. The van der Waals surface area contributed by atoms with E-state index in [0.29, 0.717) is 5.03 Å². The van der Waals surface area contributed by atoms with Crippen molar-refractivity contribution in [1.82, 2.24) is 9.97 Å². The Kier molecular flexibility index (Phi) is 4.56. The molecule has 0 bridgehead atoms. The molecule has 5 nitrogen and oxygen atoms in total. The first-order valence-electron chi connectivity index (χ1n) is 8.29. The van der Waals surface area contributed by atoms with Gasteiger partial charge in [0.15, 0.2) is 0 Å². The Labute approximate surface area is 160 Å². The first-order valence-corrected chi connectivity index (χ1v) is 9.10. The van der Waals surface area contributed by atoms with Gasteiger partial charge in [-0.15, -0.1) is 0 Å². The molecule has 2 aromatic heterocycles. The van der Waals surface area contributed by atoms with Crippen LogP contribution in [0.5, 0.6) is 5.75 Å². The first kappa shape index (κ1) is 17.2. The van der Waals surface area contributed by atoms with Gasteiger partial charge >= 0.3 is 5.97 Å². The van der Waals surface area contributed by atoms with E-state index in [2.05, 4.69) is 9.97 Å². The van der Waals surface area contributed by atoms with E-state index < -0.39 is 5.97 Å². The molecule has 0 fully saturated rings. The number of hydrogen-bond donors (Lipinski definition) is 2. The van der Waals surface area contributed by atoms with E-state index >= 15 is 0 Å². The van der Waals surface area contributed by atoms with Crippen LogP contribution in [-0.4, -0.2) is 28.2 Å². The highest BCUT2D eigenvalue weighted by atomic mass is 32.2. The normalized spacial score (nSPS) is 10.9. The number of carboxylic acids is 1. The maximum Gasteiger partial charge on any atom is 0.354 e. The Bertz CT molecular complexity index is 1120. The van der Waals surface area contributed by atoms with Crippen molar-refractivity contribution in [3.05, 3.63) is 72.4 Å². The van der Waals surface area contributed by atoms with E-state index in [1.54, 1.807) is 13.2 Å². The van der Waals surface area contributed by atoms with Crippen LogP contribution < -0.4 is 4.74 Å². The second-order valence-electron chi connectivity index (χ2n) is 5.87. The highest BCUT2D eigenvalue weighted by Crippen LogP contribution is 2.41. The second kappa shape index (κ2) is 7.17. The third-order valence-corrected chi connectivity index (χ3v) is 5.23. The van der Waals surface area contributed by atoms with Gasteiger partial charge < -0.3 is 14.8 Å². The van der Waals surface area contributed by atoms with Gasteiger partial charge in [0.25, 0.3) is 0 Å². The van der Waals surface area contributed by atoms with Crippen molar-refractivity contribution in [2.45, 2.75) is 9.92 Å². The van der Waals surface area contributed by atoms with Crippen LogP contribution >= 0.6 is 11.8 Å². The van der Waals surface area contributed by atoms with E-state index in [9.17, 15) is 9.90 Å². The van der Waals surface area contributed by atoms with Gasteiger partial charge in [-0.2, -0.15) is 0 Å². The average Bonchev–Trinajstić information content (AvgIpc) is 3.06. The molecule has 2 N–H and O–H groups in total. The standard InChI is InChI=1S/C21H16N2O3S/c1-26-14-10-11-15-17(12-14)23-19(13-6-3-2-4-7-13)20(15)27-18-9-5-8-16(22-18)21(24)25/h2-12,23H,1H3,(H,24,25). The van der Waals surface area contributed by atoms with Crippen LogP contribution in [0, 0.1) is 0 Å². The third-order valence-electron chi connectivity index (χ3n) is 4.17. The fraction of sp³-hybridized carbons (Fsp3) is 0.0476. The van der Waals surface area contributed by atoms with Crippen molar-refractivity contribution in [2.75, 3.05) is 7.11 Å². The fourth-order valence-electron chi connectivity index (χ4n) is 2.89. The van der Waals surface area contributed by atoms with Gasteiger partial charge in [0.05, 0.1) is 18.3 Å². The molecular weight excluding hydrogens is 360 g/mol. The van der Waals surface area contributed by atoms with Crippen molar-refractivity contribution in [3.8, 4) is 17.0 Å². The number of aromatic carboxylic acids is 1. The molecule has 0 aliphatic rings. The number of carbonyl (C=O) groups is 1. The largest absolute Gasteiger partial charge is 0.497 e. The van der Waals surface area contributed by atoms with Crippen LogP contribution in [0.1, 0.15) is 10.5 Å². The SMILES string of the molecule is COc1ccc2c(Sc3cccc(C(=O)O)n3)c(-c3ccccc3)[nH]c2c1. The summed E-state index contributed by atoms with van der Waals surface area (Å²) in [6.07, 6.45) is 0. The van der Waals surface area contributed by atoms with Crippen LogP contribution in [0.15, 0.2) is 76.7 Å².